The topological polar surface area (TPSA) is 77.3 Å². The van der Waals surface area contributed by atoms with Crippen molar-refractivity contribution in [3.8, 4) is 11.5 Å². The molecule has 2 aromatic heterocycles. The highest BCUT2D eigenvalue weighted by Gasteiger charge is 2.23. The van der Waals surface area contributed by atoms with Gasteiger partial charge in [-0.15, -0.1) is 10.2 Å². The summed E-state index contributed by atoms with van der Waals surface area (Å²) in [7, 11) is 0. The van der Waals surface area contributed by atoms with Crippen LogP contribution in [0, 0.1) is 0 Å². The summed E-state index contributed by atoms with van der Waals surface area (Å²) in [6, 6.07) is 1.97. The van der Waals surface area contributed by atoms with Crippen molar-refractivity contribution in [1.82, 2.24) is 15.5 Å². The Morgan fingerprint density at radius 2 is 2.45 bits per heavy atom. The molecule has 7 heteroatoms. The standard InChI is InChI=1S/C15H19N3O3S/c1-10(12-3-2-7-20-12)16-13(19)4-5-14-17-18-15(21-14)11-6-8-22-9-11/h6,8-10,12H,2-5,7H2,1H3,(H,16,19)/t10-,12-/m0/s1. The number of nitrogens with zero attached hydrogens (tertiary/aromatic N) is 2. The number of amides is 1. The van der Waals surface area contributed by atoms with Crippen molar-refractivity contribution in [3.05, 3.63) is 22.7 Å². The highest BCUT2D eigenvalue weighted by molar-refractivity contribution is 7.08. The van der Waals surface area contributed by atoms with E-state index in [4.69, 9.17) is 9.15 Å². The minimum absolute atomic E-state index is 0.0155. The summed E-state index contributed by atoms with van der Waals surface area (Å²) in [6.45, 7) is 2.77. The number of aryl methyl sites for hydroxylation is 1. The third-order valence-corrected chi connectivity index (χ3v) is 4.40. The third kappa shape index (κ3) is 3.72. The molecule has 0 bridgehead atoms. The van der Waals surface area contributed by atoms with Gasteiger partial charge < -0.3 is 14.5 Å². The lowest BCUT2D eigenvalue weighted by atomic mass is 10.1. The van der Waals surface area contributed by atoms with Crippen molar-refractivity contribution in [2.24, 2.45) is 0 Å². The van der Waals surface area contributed by atoms with E-state index in [0.29, 0.717) is 24.6 Å². The molecule has 6 nitrogen and oxygen atoms in total. The van der Waals surface area contributed by atoms with Gasteiger partial charge in [0.05, 0.1) is 12.1 Å². The zero-order valence-corrected chi connectivity index (χ0v) is 13.3. The molecular formula is C15H19N3O3S. The highest BCUT2D eigenvalue weighted by atomic mass is 32.1. The van der Waals surface area contributed by atoms with E-state index in [9.17, 15) is 4.79 Å². The van der Waals surface area contributed by atoms with Gasteiger partial charge in [-0.25, -0.2) is 0 Å². The summed E-state index contributed by atoms with van der Waals surface area (Å²) >= 11 is 1.58. The number of thiophene rings is 1. The normalized spacial score (nSPS) is 19.2. The molecule has 1 amide bonds. The van der Waals surface area contributed by atoms with Crippen LogP contribution in [-0.2, 0) is 16.0 Å². The molecule has 0 unspecified atom stereocenters. The van der Waals surface area contributed by atoms with E-state index in [1.54, 1.807) is 11.3 Å². The van der Waals surface area contributed by atoms with Crippen molar-refractivity contribution in [2.45, 2.75) is 44.8 Å². The fourth-order valence-electron chi connectivity index (χ4n) is 2.49. The zero-order chi connectivity index (χ0) is 15.4. The Morgan fingerprint density at radius 3 is 3.18 bits per heavy atom. The predicted molar refractivity (Wildman–Crippen MR) is 82.5 cm³/mol. The molecule has 2 atom stereocenters. The second-order valence-corrected chi connectivity index (χ2v) is 6.20. The number of rotatable bonds is 6. The molecule has 1 fully saturated rings. The van der Waals surface area contributed by atoms with Gasteiger partial charge in [-0.3, -0.25) is 4.79 Å². The molecule has 0 aromatic carbocycles. The minimum Gasteiger partial charge on any atom is -0.421 e. The van der Waals surface area contributed by atoms with Gasteiger partial charge in [0.25, 0.3) is 0 Å². The summed E-state index contributed by atoms with van der Waals surface area (Å²) in [4.78, 5) is 12.0. The van der Waals surface area contributed by atoms with E-state index in [2.05, 4.69) is 15.5 Å². The van der Waals surface area contributed by atoms with Gasteiger partial charge in [-0.1, -0.05) is 0 Å². The van der Waals surface area contributed by atoms with Crippen molar-refractivity contribution < 1.29 is 13.9 Å². The molecule has 3 heterocycles. The van der Waals surface area contributed by atoms with Crippen LogP contribution in [-0.4, -0.2) is 34.9 Å². The van der Waals surface area contributed by atoms with Crippen LogP contribution in [0.2, 0.25) is 0 Å². The predicted octanol–water partition coefficient (Wildman–Crippen LogP) is 2.41. The first-order valence-electron chi connectivity index (χ1n) is 7.48. The van der Waals surface area contributed by atoms with Crippen molar-refractivity contribution >= 4 is 17.2 Å². The van der Waals surface area contributed by atoms with Gasteiger partial charge in [0.2, 0.25) is 17.7 Å². The Balaban J connectivity index is 1.46. The minimum atomic E-state index is -0.0155. The van der Waals surface area contributed by atoms with Gasteiger partial charge in [-0.05, 0) is 31.2 Å². The molecular weight excluding hydrogens is 302 g/mol. The lowest BCUT2D eigenvalue weighted by Gasteiger charge is -2.19. The van der Waals surface area contributed by atoms with Crippen LogP contribution in [0.5, 0.6) is 0 Å². The van der Waals surface area contributed by atoms with Crippen molar-refractivity contribution in [2.75, 3.05) is 6.61 Å². The second-order valence-electron chi connectivity index (χ2n) is 5.42. The monoisotopic (exact) mass is 321 g/mol. The molecule has 2 aromatic rings. The average molecular weight is 321 g/mol. The first-order chi connectivity index (χ1) is 10.7. The van der Waals surface area contributed by atoms with Gasteiger partial charge in [0, 0.05) is 30.4 Å². The Labute approximate surface area is 132 Å². The number of hydrogen-bond acceptors (Lipinski definition) is 6. The van der Waals surface area contributed by atoms with E-state index in [1.165, 1.54) is 0 Å². The number of hydrogen-bond donors (Lipinski definition) is 1. The van der Waals surface area contributed by atoms with Crippen LogP contribution in [0.15, 0.2) is 21.2 Å². The molecule has 0 radical (unpaired) electrons. The van der Waals surface area contributed by atoms with E-state index in [-0.39, 0.29) is 18.1 Å². The number of ether oxygens (including phenoxy) is 1. The Bertz CT molecular complexity index is 605. The number of aromatic nitrogens is 2. The van der Waals surface area contributed by atoms with Crippen LogP contribution in [0.1, 0.15) is 32.1 Å². The molecule has 1 aliphatic rings. The van der Waals surface area contributed by atoms with Crippen LogP contribution in [0.3, 0.4) is 0 Å². The van der Waals surface area contributed by atoms with Crippen LogP contribution in [0.25, 0.3) is 11.5 Å². The van der Waals surface area contributed by atoms with Crippen LogP contribution >= 0.6 is 11.3 Å². The van der Waals surface area contributed by atoms with Gasteiger partial charge in [0.1, 0.15) is 0 Å². The fraction of sp³-hybridized carbons (Fsp3) is 0.533. The van der Waals surface area contributed by atoms with Crippen LogP contribution < -0.4 is 5.32 Å². The van der Waals surface area contributed by atoms with E-state index in [0.717, 1.165) is 25.0 Å². The van der Waals surface area contributed by atoms with Crippen molar-refractivity contribution in [1.29, 1.82) is 0 Å². The summed E-state index contributed by atoms with van der Waals surface area (Å²) in [6.07, 6.45) is 2.99. The summed E-state index contributed by atoms with van der Waals surface area (Å²) in [5, 5.41) is 14.9. The molecule has 1 N–H and O–H groups in total. The number of carbonyl (C=O) groups excluding carboxylic acids is 1. The van der Waals surface area contributed by atoms with E-state index >= 15 is 0 Å². The zero-order valence-electron chi connectivity index (χ0n) is 12.4. The first-order valence-corrected chi connectivity index (χ1v) is 8.42. The largest absolute Gasteiger partial charge is 0.421 e. The van der Waals surface area contributed by atoms with Gasteiger partial charge in [-0.2, -0.15) is 11.3 Å². The quantitative estimate of drug-likeness (QED) is 0.884. The molecule has 1 saturated heterocycles. The smallest absolute Gasteiger partial charge is 0.248 e. The summed E-state index contributed by atoms with van der Waals surface area (Å²) in [5.74, 6) is 0.976. The highest BCUT2D eigenvalue weighted by Crippen LogP contribution is 2.21. The molecule has 0 saturated carbocycles. The number of nitrogens with one attached hydrogen (secondary N) is 1. The third-order valence-electron chi connectivity index (χ3n) is 3.71. The van der Waals surface area contributed by atoms with Crippen molar-refractivity contribution in [3.63, 3.8) is 0 Å². The maximum absolute atomic E-state index is 12.0. The fourth-order valence-corrected chi connectivity index (χ4v) is 3.12. The Kier molecular flexibility index (Phi) is 4.84. The Hall–Kier alpha value is -1.73. The lowest BCUT2D eigenvalue weighted by Crippen LogP contribution is -2.40. The molecule has 0 spiro atoms. The van der Waals surface area contributed by atoms with Gasteiger partial charge >= 0.3 is 0 Å². The summed E-state index contributed by atoms with van der Waals surface area (Å²) in [5.41, 5.74) is 0.917. The molecule has 3 rings (SSSR count). The van der Waals surface area contributed by atoms with E-state index < -0.39 is 0 Å². The molecule has 0 aliphatic carbocycles. The summed E-state index contributed by atoms with van der Waals surface area (Å²) < 4.78 is 11.1. The average Bonchev–Trinajstić information content (AvgIpc) is 3.25. The van der Waals surface area contributed by atoms with Gasteiger partial charge in [0.15, 0.2) is 0 Å². The Morgan fingerprint density at radius 1 is 1.55 bits per heavy atom. The first kappa shape index (κ1) is 15.2. The van der Waals surface area contributed by atoms with E-state index in [1.807, 2.05) is 23.8 Å². The lowest BCUT2D eigenvalue weighted by molar-refractivity contribution is -0.122. The molecule has 118 valence electrons. The molecule has 22 heavy (non-hydrogen) atoms. The van der Waals surface area contributed by atoms with Crippen LogP contribution in [0.4, 0.5) is 0 Å². The molecule has 1 aliphatic heterocycles. The SMILES string of the molecule is C[C@H](NC(=O)CCc1nnc(-c2ccsc2)o1)[C@@H]1CCCO1. The maximum atomic E-state index is 12.0. The second kappa shape index (κ2) is 7.02. The number of carbonyl (C=O) groups is 1. The maximum Gasteiger partial charge on any atom is 0.248 e.